The molecule has 8 nitrogen and oxygen atoms in total. The maximum Gasteiger partial charge on any atom is 0.242 e. The molecule has 190 valence electrons. The first-order valence-electron chi connectivity index (χ1n) is 12.3. The maximum atomic E-state index is 12.9. The summed E-state index contributed by atoms with van der Waals surface area (Å²) in [5, 5.41) is 13.4. The molecular formula is C27H38N4O4. The van der Waals surface area contributed by atoms with Crippen LogP contribution in [0.5, 0.6) is 0 Å². The smallest absolute Gasteiger partial charge is 0.242 e. The standard InChI is InChI=1S/C27H38N4O4/c1-19(2)29-17-25(33)30-18-26(34)31-24(27(35)28-14-8-4-5-9-20(3)32)16-21-12-13-22-10-6-7-11-23(22)15-21/h6-7,10-13,15,19,24,29H,4-5,8-9,14,16-18H2,1-3H3,(H,28,35)(H,30,33)(H,31,34)/t24-/m0/s1. The number of hydrogen-bond donors (Lipinski definition) is 4. The molecule has 35 heavy (non-hydrogen) atoms. The number of carbonyl (C=O) groups is 4. The summed E-state index contributed by atoms with van der Waals surface area (Å²) in [5.41, 5.74) is 0.927. The minimum Gasteiger partial charge on any atom is -0.354 e. The van der Waals surface area contributed by atoms with E-state index in [0.717, 1.165) is 35.6 Å². The average Bonchev–Trinajstić information content (AvgIpc) is 2.82. The second-order valence-corrected chi connectivity index (χ2v) is 9.12. The Kier molecular flexibility index (Phi) is 11.9. The first-order chi connectivity index (χ1) is 16.7. The lowest BCUT2D eigenvalue weighted by Crippen LogP contribution is -2.51. The van der Waals surface area contributed by atoms with Crippen molar-refractivity contribution >= 4 is 34.3 Å². The molecule has 0 aliphatic carbocycles. The molecule has 2 aromatic rings. The van der Waals surface area contributed by atoms with Gasteiger partial charge < -0.3 is 26.1 Å². The molecule has 8 heteroatoms. The Hall–Kier alpha value is -3.26. The van der Waals surface area contributed by atoms with Gasteiger partial charge in [-0.15, -0.1) is 0 Å². The van der Waals surface area contributed by atoms with Crippen LogP contribution in [0.3, 0.4) is 0 Å². The molecule has 0 aromatic heterocycles. The van der Waals surface area contributed by atoms with Gasteiger partial charge in [-0.3, -0.25) is 14.4 Å². The van der Waals surface area contributed by atoms with Gasteiger partial charge in [-0.05, 0) is 36.1 Å². The van der Waals surface area contributed by atoms with Crippen molar-refractivity contribution < 1.29 is 19.2 Å². The molecule has 0 unspecified atom stereocenters. The van der Waals surface area contributed by atoms with Gasteiger partial charge in [0.1, 0.15) is 11.8 Å². The topological polar surface area (TPSA) is 116 Å². The van der Waals surface area contributed by atoms with Crippen molar-refractivity contribution in [2.45, 2.75) is 65.0 Å². The Morgan fingerprint density at radius 3 is 2.29 bits per heavy atom. The van der Waals surface area contributed by atoms with Crippen molar-refractivity contribution in [3.05, 3.63) is 48.0 Å². The van der Waals surface area contributed by atoms with Crippen molar-refractivity contribution in [2.75, 3.05) is 19.6 Å². The summed E-state index contributed by atoms with van der Waals surface area (Å²) >= 11 is 0. The zero-order valence-corrected chi connectivity index (χ0v) is 21.0. The van der Waals surface area contributed by atoms with Gasteiger partial charge in [-0.2, -0.15) is 0 Å². The van der Waals surface area contributed by atoms with Crippen LogP contribution in [0.4, 0.5) is 0 Å². The van der Waals surface area contributed by atoms with E-state index in [0.29, 0.717) is 19.4 Å². The second-order valence-electron chi connectivity index (χ2n) is 9.12. The highest BCUT2D eigenvalue weighted by molar-refractivity contribution is 5.91. The molecule has 2 rings (SSSR count). The molecule has 4 N–H and O–H groups in total. The summed E-state index contributed by atoms with van der Waals surface area (Å²) in [6.45, 7) is 5.82. The number of nitrogens with one attached hydrogen (secondary N) is 4. The maximum absolute atomic E-state index is 12.9. The number of benzene rings is 2. The van der Waals surface area contributed by atoms with Gasteiger partial charge in [-0.25, -0.2) is 0 Å². The van der Waals surface area contributed by atoms with Gasteiger partial charge in [0.2, 0.25) is 17.7 Å². The van der Waals surface area contributed by atoms with Crippen molar-refractivity contribution in [3.63, 3.8) is 0 Å². The van der Waals surface area contributed by atoms with Crippen molar-refractivity contribution in [1.82, 2.24) is 21.3 Å². The van der Waals surface area contributed by atoms with Crippen LogP contribution in [0, 0.1) is 0 Å². The molecule has 1 atom stereocenters. The molecule has 0 aliphatic heterocycles. The third-order valence-corrected chi connectivity index (χ3v) is 5.53. The normalized spacial score (nSPS) is 11.8. The highest BCUT2D eigenvalue weighted by atomic mass is 16.2. The van der Waals surface area contributed by atoms with Crippen LogP contribution in [0.2, 0.25) is 0 Å². The van der Waals surface area contributed by atoms with Crippen molar-refractivity contribution in [1.29, 1.82) is 0 Å². The first kappa shape index (κ1) is 28.0. The summed E-state index contributed by atoms with van der Waals surface area (Å²) < 4.78 is 0. The zero-order valence-electron chi connectivity index (χ0n) is 21.0. The Morgan fingerprint density at radius 1 is 0.829 bits per heavy atom. The third kappa shape index (κ3) is 11.1. The SMILES string of the molecule is CC(=O)CCCCCNC(=O)[C@H](Cc1ccc2ccccc2c1)NC(=O)CNC(=O)CNC(C)C. The van der Waals surface area contributed by atoms with Gasteiger partial charge in [-0.1, -0.05) is 62.7 Å². The lowest BCUT2D eigenvalue weighted by atomic mass is 10.0. The molecule has 0 aliphatic rings. The first-order valence-corrected chi connectivity index (χ1v) is 12.3. The summed E-state index contributed by atoms with van der Waals surface area (Å²) in [5.74, 6) is -0.814. The predicted octanol–water partition coefficient (Wildman–Crippen LogP) is 2.25. The molecule has 2 aromatic carbocycles. The van der Waals surface area contributed by atoms with Crippen LogP contribution in [-0.4, -0.2) is 55.2 Å². The average molecular weight is 483 g/mol. The van der Waals surface area contributed by atoms with Crippen LogP contribution in [-0.2, 0) is 25.6 Å². The zero-order chi connectivity index (χ0) is 25.6. The highest BCUT2D eigenvalue weighted by Crippen LogP contribution is 2.17. The Bertz CT molecular complexity index is 1010. The summed E-state index contributed by atoms with van der Waals surface area (Å²) in [4.78, 5) is 48.4. The number of hydrogen-bond acceptors (Lipinski definition) is 5. The van der Waals surface area contributed by atoms with Crippen LogP contribution in [0.25, 0.3) is 10.8 Å². The van der Waals surface area contributed by atoms with Gasteiger partial charge in [0.25, 0.3) is 0 Å². The van der Waals surface area contributed by atoms with E-state index in [1.165, 1.54) is 0 Å². The summed E-state index contributed by atoms with van der Waals surface area (Å²) in [7, 11) is 0. The van der Waals surface area contributed by atoms with E-state index in [9.17, 15) is 19.2 Å². The molecule has 0 fully saturated rings. The van der Waals surface area contributed by atoms with E-state index < -0.39 is 11.9 Å². The Morgan fingerprint density at radius 2 is 1.57 bits per heavy atom. The van der Waals surface area contributed by atoms with E-state index in [1.807, 2.05) is 56.3 Å². The number of Topliss-reactive ketones (excluding diaryl/α,β-unsaturated/α-hetero) is 1. The van der Waals surface area contributed by atoms with E-state index in [4.69, 9.17) is 0 Å². The molecule has 0 saturated heterocycles. The predicted molar refractivity (Wildman–Crippen MR) is 138 cm³/mol. The van der Waals surface area contributed by atoms with Gasteiger partial charge in [0.05, 0.1) is 13.1 Å². The summed E-state index contributed by atoms with van der Waals surface area (Å²) in [6.07, 6.45) is 3.28. The Balaban J connectivity index is 1.96. The third-order valence-electron chi connectivity index (χ3n) is 5.53. The molecule has 0 saturated carbocycles. The fourth-order valence-electron chi connectivity index (χ4n) is 3.60. The number of unbranched alkanes of at least 4 members (excludes halogenated alkanes) is 2. The van der Waals surface area contributed by atoms with Gasteiger partial charge in [0, 0.05) is 25.4 Å². The molecule has 0 heterocycles. The highest BCUT2D eigenvalue weighted by Gasteiger charge is 2.21. The largest absolute Gasteiger partial charge is 0.354 e. The van der Waals surface area contributed by atoms with Crippen LogP contribution >= 0.6 is 0 Å². The van der Waals surface area contributed by atoms with E-state index >= 15 is 0 Å². The van der Waals surface area contributed by atoms with Gasteiger partial charge in [0.15, 0.2) is 0 Å². The molecule has 0 spiro atoms. The number of amides is 3. The quantitative estimate of drug-likeness (QED) is 0.291. The fourth-order valence-corrected chi connectivity index (χ4v) is 3.60. The van der Waals surface area contributed by atoms with E-state index in [2.05, 4.69) is 21.3 Å². The van der Waals surface area contributed by atoms with E-state index in [1.54, 1.807) is 6.92 Å². The molecule has 0 radical (unpaired) electrons. The number of rotatable bonds is 15. The lowest BCUT2D eigenvalue weighted by Gasteiger charge is -2.19. The van der Waals surface area contributed by atoms with Crippen molar-refractivity contribution in [3.8, 4) is 0 Å². The molecular weight excluding hydrogens is 444 g/mol. The Labute approximate surface area is 207 Å². The molecule has 3 amide bonds. The van der Waals surface area contributed by atoms with Crippen molar-refractivity contribution in [2.24, 2.45) is 0 Å². The second kappa shape index (κ2) is 14.9. The van der Waals surface area contributed by atoms with Crippen LogP contribution in [0.1, 0.15) is 52.0 Å². The fraction of sp³-hybridized carbons (Fsp3) is 0.481. The van der Waals surface area contributed by atoms with Crippen LogP contribution < -0.4 is 21.3 Å². The number of ketones is 1. The van der Waals surface area contributed by atoms with Crippen LogP contribution in [0.15, 0.2) is 42.5 Å². The summed E-state index contributed by atoms with van der Waals surface area (Å²) in [6, 6.07) is 13.3. The monoisotopic (exact) mass is 482 g/mol. The molecule has 0 bridgehead atoms. The minimum absolute atomic E-state index is 0.121. The number of carbonyl (C=O) groups excluding carboxylic acids is 4. The number of fused-ring (bicyclic) bond motifs is 1. The van der Waals surface area contributed by atoms with Gasteiger partial charge >= 0.3 is 0 Å². The van der Waals surface area contributed by atoms with E-state index in [-0.39, 0.29) is 36.7 Å². The minimum atomic E-state index is -0.772. The lowest BCUT2D eigenvalue weighted by molar-refractivity contribution is -0.129.